The molecule has 0 bridgehead atoms. The minimum Gasteiger partial charge on any atom is -0.377 e. The van der Waals surface area contributed by atoms with Crippen LogP contribution < -0.4 is 0 Å². The third-order valence-corrected chi connectivity index (χ3v) is 2.78. The molecule has 3 nitrogen and oxygen atoms in total. The van der Waals surface area contributed by atoms with Crippen molar-refractivity contribution in [1.82, 2.24) is 4.90 Å². The molecule has 1 aliphatic heterocycles. The molecule has 0 radical (unpaired) electrons. The van der Waals surface area contributed by atoms with E-state index in [9.17, 15) is 4.79 Å². The van der Waals surface area contributed by atoms with E-state index in [-0.39, 0.29) is 11.9 Å². The van der Waals surface area contributed by atoms with Crippen LogP contribution in [0.25, 0.3) is 0 Å². The van der Waals surface area contributed by atoms with Crippen molar-refractivity contribution in [3.63, 3.8) is 0 Å². The summed E-state index contributed by atoms with van der Waals surface area (Å²) in [6, 6.07) is 0.228. The average Bonchev–Trinajstić information content (AvgIpc) is 2.16. The highest BCUT2D eigenvalue weighted by Crippen LogP contribution is 2.10. The number of ether oxygens (including phenoxy) is 1. The fourth-order valence-electron chi connectivity index (χ4n) is 1.31. The van der Waals surface area contributed by atoms with Crippen LogP contribution in [0.4, 0.5) is 0 Å². The van der Waals surface area contributed by atoms with Crippen molar-refractivity contribution in [2.75, 3.05) is 25.1 Å². The van der Waals surface area contributed by atoms with Crippen LogP contribution in [0, 0.1) is 0 Å². The number of morpholine rings is 1. The first kappa shape index (κ1) is 9.99. The predicted molar refractivity (Wildman–Crippen MR) is 50.4 cm³/mol. The molecule has 0 saturated carbocycles. The molecule has 1 unspecified atom stereocenters. The van der Waals surface area contributed by atoms with Crippen LogP contribution in [0.5, 0.6) is 0 Å². The molecule has 0 N–H and O–H groups in total. The second kappa shape index (κ2) is 4.82. The maximum atomic E-state index is 11.4. The summed E-state index contributed by atoms with van der Waals surface area (Å²) in [5.74, 6) is 0.225. The van der Waals surface area contributed by atoms with Crippen molar-refractivity contribution in [2.45, 2.75) is 19.4 Å². The molecular formula is C8H14BrNO2. The predicted octanol–water partition coefficient (Wildman–Crippen LogP) is 1.02. The number of amides is 1. The van der Waals surface area contributed by atoms with E-state index in [4.69, 9.17) is 4.74 Å². The van der Waals surface area contributed by atoms with Gasteiger partial charge in [-0.3, -0.25) is 4.79 Å². The summed E-state index contributed by atoms with van der Waals surface area (Å²) < 4.78 is 5.27. The first-order valence-corrected chi connectivity index (χ1v) is 5.35. The minimum absolute atomic E-state index is 0.225. The Morgan fingerprint density at radius 3 is 3.08 bits per heavy atom. The maximum Gasteiger partial charge on any atom is 0.222 e. The Hall–Kier alpha value is -0.0900. The second-order valence-corrected chi connectivity index (χ2v) is 3.47. The van der Waals surface area contributed by atoms with Gasteiger partial charge >= 0.3 is 0 Å². The molecule has 12 heavy (non-hydrogen) atoms. The van der Waals surface area contributed by atoms with Crippen LogP contribution in [0.1, 0.15) is 13.3 Å². The van der Waals surface area contributed by atoms with Gasteiger partial charge in [0.2, 0.25) is 5.91 Å². The van der Waals surface area contributed by atoms with E-state index in [0.29, 0.717) is 19.6 Å². The van der Waals surface area contributed by atoms with E-state index in [0.717, 1.165) is 11.9 Å². The maximum absolute atomic E-state index is 11.4. The molecule has 1 atom stereocenters. The van der Waals surface area contributed by atoms with E-state index in [1.54, 1.807) is 0 Å². The largest absolute Gasteiger partial charge is 0.377 e. The molecule has 0 aromatic heterocycles. The number of alkyl halides is 1. The Bertz CT molecular complexity index is 163. The van der Waals surface area contributed by atoms with E-state index in [1.807, 2.05) is 11.8 Å². The Morgan fingerprint density at radius 1 is 1.75 bits per heavy atom. The van der Waals surface area contributed by atoms with Gasteiger partial charge < -0.3 is 9.64 Å². The molecule has 1 heterocycles. The normalized spacial score (nSPS) is 24.2. The van der Waals surface area contributed by atoms with Crippen molar-refractivity contribution in [2.24, 2.45) is 0 Å². The smallest absolute Gasteiger partial charge is 0.222 e. The van der Waals surface area contributed by atoms with Gasteiger partial charge in [0.15, 0.2) is 0 Å². The molecule has 1 rings (SSSR count). The van der Waals surface area contributed by atoms with Gasteiger partial charge in [0, 0.05) is 18.3 Å². The Morgan fingerprint density at radius 2 is 2.50 bits per heavy atom. The Labute approximate surface area is 81.2 Å². The zero-order valence-corrected chi connectivity index (χ0v) is 8.84. The van der Waals surface area contributed by atoms with Gasteiger partial charge in [-0.25, -0.2) is 0 Å². The van der Waals surface area contributed by atoms with Crippen LogP contribution in [-0.2, 0) is 9.53 Å². The highest BCUT2D eigenvalue weighted by atomic mass is 79.9. The number of hydrogen-bond acceptors (Lipinski definition) is 2. The monoisotopic (exact) mass is 235 g/mol. The molecule has 1 aliphatic rings. The number of nitrogens with zero attached hydrogens (tertiary/aromatic N) is 1. The van der Waals surface area contributed by atoms with E-state index in [1.165, 1.54) is 0 Å². The highest BCUT2D eigenvalue weighted by Gasteiger charge is 2.24. The third kappa shape index (κ3) is 2.20. The number of carbonyl (C=O) groups is 1. The number of halogens is 1. The Balaban J connectivity index is 2.52. The van der Waals surface area contributed by atoms with Gasteiger partial charge in [-0.2, -0.15) is 0 Å². The Kier molecular flexibility index (Phi) is 4.01. The SMILES string of the molecule is CCC(=O)N1CCOCC1CBr. The summed E-state index contributed by atoms with van der Waals surface area (Å²) in [6.07, 6.45) is 0.587. The van der Waals surface area contributed by atoms with Gasteiger partial charge in [-0.1, -0.05) is 22.9 Å². The lowest BCUT2D eigenvalue weighted by molar-refractivity contribution is -0.138. The first-order valence-electron chi connectivity index (χ1n) is 4.22. The van der Waals surface area contributed by atoms with Gasteiger partial charge in [0.05, 0.1) is 19.3 Å². The van der Waals surface area contributed by atoms with Crippen LogP contribution >= 0.6 is 15.9 Å². The quantitative estimate of drug-likeness (QED) is 0.670. The zero-order valence-electron chi connectivity index (χ0n) is 7.25. The van der Waals surface area contributed by atoms with Crippen LogP contribution in [-0.4, -0.2) is 41.9 Å². The summed E-state index contributed by atoms with van der Waals surface area (Å²) >= 11 is 3.37. The molecule has 1 fully saturated rings. The van der Waals surface area contributed by atoms with Gasteiger partial charge in [-0.05, 0) is 0 Å². The summed E-state index contributed by atoms with van der Waals surface area (Å²) in [5, 5.41) is 0.804. The van der Waals surface area contributed by atoms with E-state index < -0.39 is 0 Å². The third-order valence-electron chi connectivity index (χ3n) is 2.03. The minimum atomic E-state index is 0.225. The lowest BCUT2D eigenvalue weighted by Crippen LogP contribution is -2.49. The van der Waals surface area contributed by atoms with Gasteiger partial charge in [0.25, 0.3) is 0 Å². The topological polar surface area (TPSA) is 29.5 Å². The van der Waals surface area contributed by atoms with E-state index in [2.05, 4.69) is 15.9 Å². The number of rotatable bonds is 2. The van der Waals surface area contributed by atoms with Crippen LogP contribution in [0.3, 0.4) is 0 Å². The molecule has 0 spiro atoms. The lowest BCUT2D eigenvalue weighted by atomic mass is 10.2. The van der Waals surface area contributed by atoms with Crippen molar-refractivity contribution >= 4 is 21.8 Å². The molecule has 0 aliphatic carbocycles. The molecule has 0 aromatic carbocycles. The highest BCUT2D eigenvalue weighted by molar-refractivity contribution is 9.09. The fraction of sp³-hybridized carbons (Fsp3) is 0.875. The van der Waals surface area contributed by atoms with Crippen molar-refractivity contribution in [3.8, 4) is 0 Å². The molecule has 4 heteroatoms. The van der Waals surface area contributed by atoms with Gasteiger partial charge in [0.1, 0.15) is 0 Å². The molecular weight excluding hydrogens is 222 g/mol. The van der Waals surface area contributed by atoms with Crippen LogP contribution in [0.2, 0.25) is 0 Å². The molecule has 1 amide bonds. The number of hydrogen-bond donors (Lipinski definition) is 0. The number of carbonyl (C=O) groups excluding carboxylic acids is 1. The lowest BCUT2D eigenvalue weighted by Gasteiger charge is -2.34. The standard InChI is InChI=1S/C8H14BrNO2/c1-2-8(11)10-3-4-12-6-7(10)5-9/h7H,2-6H2,1H3. The van der Waals surface area contributed by atoms with Crippen molar-refractivity contribution < 1.29 is 9.53 Å². The summed E-state index contributed by atoms with van der Waals surface area (Å²) in [6.45, 7) is 3.97. The zero-order chi connectivity index (χ0) is 8.97. The summed E-state index contributed by atoms with van der Waals surface area (Å²) in [7, 11) is 0. The summed E-state index contributed by atoms with van der Waals surface area (Å²) in [5.41, 5.74) is 0. The first-order chi connectivity index (χ1) is 5.79. The summed E-state index contributed by atoms with van der Waals surface area (Å²) in [4.78, 5) is 13.3. The fourth-order valence-corrected chi connectivity index (χ4v) is 1.85. The van der Waals surface area contributed by atoms with Crippen molar-refractivity contribution in [3.05, 3.63) is 0 Å². The van der Waals surface area contributed by atoms with Gasteiger partial charge in [-0.15, -0.1) is 0 Å². The second-order valence-electron chi connectivity index (χ2n) is 2.82. The average molecular weight is 236 g/mol. The van der Waals surface area contributed by atoms with Crippen LogP contribution in [0.15, 0.2) is 0 Å². The van der Waals surface area contributed by atoms with E-state index >= 15 is 0 Å². The molecule has 0 aromatic rings. The van der Waals surface area contributed by atoms with Crippen molar-refractivity contribution in [1.29, 1.82) is 0 Å². The molecule has 70 valence electrons. The molecule has 1 saturated heterocycles.